The first-order valence-corrected chi connectivity index (χ1v) is 9.50. The molecule has 0 radical (unpaired) electrons. The van der Waals surface area contributed by atoms with Gasteiger partial charge in [-0.2, -0.15) is 0 Å². The number of methoxy groups -OCH3 is 1. The van der Waals surface area contributed by atoms with Gasteiger partial charge in [0.2, 0.25) is 0 Å². The van der Waals surface area contributed by atoms with Crippen molar-refractivity contribution in [3.05, 3.63) is 90.0 Å². The van der Waals surface area contributed by atoms with Gasteiger partial charge in [0.25, 0.3) is 5.91 Å². The number of rotatable bonds is 7. The maximum absolute atomic E-state index is 12.3. The second kappa shape index (κ2) is 8.56. The Morgan fingerprint density at radius 1 is 1.07 bits per heavy atom. The molecule has 0 aliphatic rings. The molecule has 4 rings (SSSR count). The number of benzene rings is 2. The summed E-state index contributed by atoms with van der Waals surface area (Å²) in [6, 6.07) is 19.6. The van der Waals surface area contributed by atoms with Gasteiger partial charge in [0.1, 0.15) is 11.6 Å². The van der Waals surface area contributed by atoms with Gasteiger partial charge in [0.05, 0.1) is 23.7 Å². The highest BCUT2D eigenvalue weighted by Gasteiger charge is 2.12. The Hall–Kier alpha value is -3.67. The molecule has 146 valence electrons. The molecule has 0 saturated carbocycles. The number of pyridine rings is 1. The number of amides is 1. The fourth-order valence-corrected chi connectivity index (χ4v) is 3.29. The summed E-state index contributed by atoms with van der Waals surface area (Å²) in [7, 11) is 1.66. The van der Waals surface area contributed by atoms with Crippen LogP contribution in [0.1, 0.15) is 21.7 Å². The van der Waals surface area contributed by atoms with E-state index in [4.69, 9.17) is 9.72 Å². The van der Waals surface area contributed by atoms with E-state index in [1.807, 2.05) is 30.3 Å². The molecule has 0 unspecified atom stereocenters. The average Bonchev–Trinajstić information content (AvgIpc) is 3.12. The molecule has 0 spiro atoms. The van der Waals surface area contributed by atoms with Crippen molar-refractivity contribution in [3.8, 4) is 5.75 Å². The molecular formula is C23H22N4O2. The van der Waals surface area contributed by atoms with E-state index in [1.165, 1.54) is 0 Å². The fourth-order valence-electron chi connectivity index (χ4n) is 3.29. The quantitative estimate of drug-likeness (QED) is 0.528. The summed E-state index contributed by atoms with van der Waals surface area (Å²) in [4.78, 5) is 21.0. The highest BCUT2D eigenvalue weighted by molar-refractivity contribution is 5.93. The number of hydrogen-bond donors (Lipinski definition) is 1. The molecule has 1 amide bonds. The minimum Gasteiger partial charge on any atom is -0.497 e. The Labute approximate surface area is 169 Å². The second-order valence-corrected chi connectivity index (χ2v) is 6.70. The molecule has 0 fully saturated rings. The van der Waals surface area contributed by atoms with Crippen LogP contribution in [0.4, 0.5) is 0 Å². The van der Waals surface area contributed by atoms with E-state index < -0.39 is 0 Å². The van der Waals surface area contributed by atoms with E-state index in [0.29, 0.717) is 25.1 Å². The lowest BCUT2D eigenvalue weighted by atomic mass is 10.2. The van der Waals surface area contributed by atoms with Crippen LogP contribution < -0.4 is 10.1 Å². The Bertz CT molecular complexity index is 1100. The summed E-state index contributed by atoms with van der Waals surface area (Å²) in [5, 5.41) is 2.95. The molecule has 2 aromatic heterocycles. The third-order valence-corrected chi connectivity index (χ3v) is 4.79. The summed E-state index contributed by atoms with van der Waals surface area (Å²) in [5.74, 6) is 1.65. The molecule has 0 atom stereocenters. The molecule has 6 heteroatoms. The molecular weight excluding hydrogens is 364 g/mol. The highest BCUT2D eigenvalue weighted by Crippen LogP contribution is 2.19. The summed E-state index contributed by atoms with van der Waals surface area (Å²) < 4.78 is 7.45. The summed E-state index contributed by atoms with van der Waals surface area (Å²) >= 11 is 0. The van der Waals surface area contributed by atoms with E-state index in [1.54, 1.807) is 31.6 Å². The SMILES string of the molecule is COc1ccc(Cn2c(CCNC(=O)c3cccnc3)nc3ccccc32)cc1. The van der Waals surface area contributed by atoms with Gasteiger partial charge in [0, 0.05) is 31.9 Å². The van der Waals surface area contributed by atoms with E-state index in [0.717, 1.165) is 28.2 Å². The van der Waals surface area contributed by atoms with Crippen LogP contribution >= 0.6 is 0 Å². The van der Waals surface area contributed by atoms with Crippen LogP contribution in [0.3, 0.4) is 0 Å². The van der Waals surface area contributed by atoms with Crippen LogP contribution in [-0.4, -0.2) is 34.1 Å². The predicted molar refractivity (Wildman–Crippen MR) is 112 cm³/mol. The topological polar surface area (TPSA) is 69.0 Å². The zero-order valence-electron chi connectivity index (χ0n) is 16.2. The first kappa shape index (κ1) is 18.7. The van der Waals surface area contributed by atoms with Gasteiger partial charge in [-0.15, -0.1) is 0 Å². The molecule has 2 heterocycles. The summed E-state index contributed by atoms with van der Waals surface area (Å²) in [6.07, 6.45) is 3.85. The lowest BCUT2D eigenvalue weighted by Crippen LogP contribution is -2.26. The number of nitrogens with one attached hydrogen (secondary N) is 1. The van der Waals surface area contributed by atoms with Crippen molar-refractivity contribution in [2.75, 3.05) is 13.7 Å². The first-order valence-electron chi connectivity index (χ1n) is 9.50. The maximum Gasteiger partial charge on any atom is 0.252 e. The molecule has 0 aliphatic carbocycles. The normalized spacial score (nSPS) is 10.8. The van der Waals surface area contributed by atoms with E-state index in [2.05, 4.69) is 33.1 Å². The minimum atomic E-state index is -0.129. The highest BCUT2D eigenvalue weighted by atomic mass is 16.5. The Morgan fingerprint density at radius 3 is 2.66 bits per heavy atom. The summed E-state index contributed by atoms with van der Waals surface area (Å²) in [5.41, 5.74) is 3.75. The predicted octanol–water partition coefficient (Wildman–Crippen LogP) is 3.46. The Kier molecular flexibility index (Phi) is 5.52. The average molecular weight is 386 g/mol. The van der Waals surface area contributed by atoms with Gasteiger partial charge in [-0.3, -0.25) is 9.78 Å². The van der Waals surface area contributed by atoms with Gasteiger partial charge in [-0.05, 0) is 42.0 Å². The van der Waals surface area contributed by atoms with Crippen LogP contribution in [0.5, 0.6) is 5.75 Å². The number of carbonyl (C=O) groups excluding carboxylic acids is 1. The van der Waals surface area contributed by atoms with Crippen molar-refractivity contribution in [2.45, 2.75) is 13.0 Å². The van der Waals surface area contributed by atoms with Crippen LogP contribution in [0.15, 0.2) is 73.1 Å². The molecule has 4 aromatic rings. The van der Waals surface area contributed by atoms with Crippen LogP contribution in [0.25, 0.3) is 11.0 Å². The Balaban J connectivity index is 1.52. The van der Waals surface area contributed by atoms with E-state index in [9.17, 15) is 4.79 Å². The van der Waals surface area contributed by atoms with Crippen LogP contribution in [-0.2, 0) is 13.0 Å². The molecule has 6 nitrogen and oxygen atoms in total. The monoisotopic (exact) mass is 386 g/mol. The van der Waals surface area contributed by atoms with Crippen molar-refractivity contribution in [2.24, 2.45) is 0 Å². The van der Waals surface area contributed by atoms with Crippen molar-refractivity contribution >= 4 is 16.9 Å². The largest absolute Gasteiger partial charge is 0.497 e. The van der Waals surface area contributed by atoms with E-state index in [-0.39, 0.29) is 5.91 Å². The van der Waals surface area contributed by atoms with Gasteiger partial charge in [0.15, 0.2) is 0 Å². The standard InChI is InChI=1S/C23H22N4O2/c1-29-19-10-8-17(9-11-19)16-27-21-7-3-2-6-20(21)26-22(27)12-14-25-23(28)18-5-4-13-24-15-18/h2-11,13,15H,12,14,16H2,1H3,(H,25,28). The second-order valence-electron chi connectivity index (χ2n) is 6.70. The number of para-hydroxylation sites is 2. The third kappa shape index (κ3) is 4.27. The zero-order chi connectivity index (χ0) is 20.1. The fraction of sp³-hybridized carbons (Fsp3) is 0.174. The van der Waals surface area contributed by atoms with Gasteiger partial charge in [-0.25, -0.2) is 4.98 Å². The number of carbonyl (C=O) groups is 1. The smallest absolute Gasteiger partial charge is 0.252 e. The Morgan fingerprint density at radius 2 is 1.90 bits per heavy atom. The molecule has 2 aromatic carbocycles. The zero-order valence-corrected chi connectivity index (χ0v) is 16.2. The third-order valence-electron chi connectivity index (χ3n) is 4.79. The first-order chi connectivity index (χ1) is 14.2. The van der Waals surface area contributed by atoms with Crippen LogP contribution in [0.2, 0.25) is 0 Å². The number of hydrogen-bond acceptors (Lipinski definition) is 4. The van der Waals surface area contributed by atoms with Crippen molar-refractivity contribution < 1.29 is 9.53 Å². The summed E-state index contributed by atoms with van der Waals surface area (Å²) in [6.45, 7) is 1.20. The van der Waals surface area contributed by atoms with Crippen molar-refractivity contribution in [1.29, 1.82) is 0 Å². The molecule has 0 saturated heterocycles. The lowest BCUT2D eigenvalue weighted by Gasteiger charge is -2.11. The van der Waals surface area contributed by atoms with E-state index >= 15 is 0 Å². The maximum atomic E-state index is 12.3. The number of fused-ring (bicyclic) bond motifs is 1. The van der Waals surface area contributed by atoms with Crippen molar-refractivity contribution in [3.63, 3.8) is 0 Å². The lowest BCUT2D eigenvalue weighted by molar-refractivity contribution is 0.0953. The number of aromatic nitrogens is 3. The van der Waals surface area contributed by atoms with Gasteiger partial charge >= 0.3 is 0 Å². The van der Waals surface area contributed by atoms with Gasteiger partial charge < -0.3 is 14.6 Å². The number of nitrogens with zero attached hydrogens (tertiary/aromatic N) is 3. The number of imidazole rings is 1. The minimum absolute atomic E-state index is 0.129. The molecule has 29 heavy (non-hydrogen) atoms. The number of ether oxygens (including phenoxy) is 1. The van der Waals surface area contributed by atoms with Crippen molar-refractivity contribution in [1.82, 2.24) is 19.9 Å². The van der Waals surface area contributed by atoms with Gasteiger partial charge in [-0.1, -0.05) is 24.3 Å². The molecule has 0 bridgehead atoms. The van der Waals surface area contributed by atoms with Crippen LogP contribution in [0, 0.1) is 0 Å². The molecule has 0 aliphatic heterocycles. The molecule has 1 N–H and O–H groups in total.